The molecule has 0 fully saturated rings. The summed E-state index contributed by atoms with van der Waals surface area (Å²) in [5.41, 5.74) is 3.14. The van der Waals surface area contributed by atoms with Crippen LogP contribution >= 0.6 is 0 Å². The van der Waals surface area contributed by atoms with E-state index in [9.17, 15) is 4.79 Å². The number of aromatic nitrogens is 2. The zero-order valence-electron chi connectivity index (χ0n) is 18.7. The van der Waals surface area contributed by atoms with Gasteiger partial charge in [-0.3, -0.25) is 9.79 Å². The van der Waals surface area contributed by atoms with Crippen LogP contribution in [0, 0.1) is 6.92 Å². The Morgan fingerprint density at radius 1 is 1.15 bits per heavy atom. The van der Waals surface area contributed by atoms with Crippen LogP contribution in [0.15, 0.2) is 71.6 Å². The lowest BCUT2D eigenvalue weighted by atomic mass is 10.1. The third kappa shape index (κ3) is 5.35. The molecule has 1 amide bonds. The van der Waals surface area contributed by atoms with E-state index in [-0.39, 0.29) is 11.9 Å². The van der Waals surface area contributed by atoms with Gasteiger partial charge in [0, 0.05) is 54.1 Å². The summed E-state index contributed by atoms with van der Waals surface area (Å²) in [7, 11) is 1.56. The van der Waals surface area contributed by atoms with E-state index < -0.39 is 0 Å². The van der Waals surface area contributed by atoms with Crippen molar-refractivity contribution in [2.24, 2.45) is 4.99 Å². The van der Waals surface area contributed by atoms with Gasteiger partial charge in [-0.05, 0) is 43.7 Å². The first-order valence-corrected chi connectivity index (χ1v) is 10.5. The number of nitrogens with one attached hydrogen (secondary N) is 2. The smallest absolute Gasteiger partial charge is 0.251 e. The van der Waals surface area contributed by atoms with Gasteiger partial charge in [0.15, 0.2) is 0 Å². The molecule has 0 saturated carbocycles. The van der Waals surface area contributed by atoms with Gasteiger partial charge in [-0.15, -0.1) is 0 Å². The van der Waals surface area contributed by atoms with Crippen LogP contribution in [0.1, 0.15) is 28.4 Å². The van der Waals surface area contributed by atoms with Gasteiger partial charge >= 0.3 is 0 Å². The molecule has 1 aromatic carbocycles. The van der Waals surface area contributed by atoms with Gasteiger partial charge < -0.3 is 20.1 Å². The highest BCUT2D eigenvalue weighted by atomic mass is 16.5. The molecule has 3 aromatic rings. The monoisotopic (exact) mass is 443 g/mol. The molecule has 0 saturated heterocycles. The highest BCUT2D eigenvalue weighted by Gasteiger charge is 2.14. The van der Waals surface area contributed by atoms with E-state index in [0.717, 1.165) is 16.8 Å². The lowest BCUT2D eigenvalue weighted by Gasteiger charge is -2.14. The van der Waals surface area contributed by atoms with Crippen LogP contribution in [-0.4, -0.2) is 35.2 Å². The Morgan fingerprint density at radius 3 is 2.76 bits per heavy atom. The Kier molecular flexibility index (Phi) is 6.64. The highest BCUT2D eigenvalue weighted by molar-refractivity contribution is 5.96. The number of ether oxygens (including phenoxy) is 2. The van der Waals surface area contributed by atoms with Gasteiger partial charge in [-0.2, -0.15) is 0 Å². The molecule has 1 aliphatic heterocycles. The molecular weight excluding hydrogens is 418 g/mol. The molecule has 4 rings (SSSR count). The van der Waals surface area contributed by atoms with Crippen LogP contribution in [0.3, 0.4) is 0 Å². The molecule has 8 nitrogen and oxygen atoms in total. The number of benzene rings is 1. The third-order valence-corrected chi connectivity index (χ3v) is 5.23. The number of methoxy groups -OCH3 is 1. The maximum atomic E-state index is 12.8. The van der Waals surface area contributed by atoms with Crippen molar-refractivity contribution in [1.82, 2.24) is 15.3 Å². The summed E-state index contributed by atoms with van der Waals surface area (Å²) in [5, 5.41) is 6.19. The Morgan fingerprint density at radius 2 is 2.03 bits per heavy atom. The number of anilines is 1. The van der Waals surface area contributed by atoms with Crippen LogP contribution in [0.4, 0.5) is 5.82 Å². The van der Waals surface area contributed by atoms with Crippen molar-refractivity contribution in [3.05, 3.63) is 83.3 Å². The van der Waals surface area contributed by atoms with Gasteiger partial charge in [0.05, 0.1) is 13.2 Å². The summed E-state index contributed by atoms with van der Waals surface area (Å²) in [6.07, 6.45) is 7.05. The molecule has 1 atom stereocenters. The summed E-state index contributed by atoms with van der Waals surface area (Å²) in [6.45, 7) is 4.23. The topological polar surface area (TPSA) is 97.7 Å². The van der Waals surface area contributed by atoms with E-state index in [4.69, 9.17) is 9.47 Å². The van der Waals surface area contributed by atoms with E-state index in [2.05, 4.69) is 25.6 Å². The minimum atomic E-state index is -0.187. The molecule has 2 N–H and O–H groups in total. The second kappa shape index (κ2) is 9.95. The van der Waals surface area contributed by atoms with Gasteiger partial charge in [0.2, 0.25) is 5.88 Å². The fourth-order valence-corrected chi connectivity index (χ4v) is 3.32. The average molecular weight is 444 g/mol. The van der Waals surface area contributed by atoms with Crippen LogP contribution in [0.25, 0.3) is 0 Å². The molecule has 0 aliphatic carbocycles. The fraction of sp³-hybridized carbons (Fsp3) is 0.200. The van der Waals surface area contributed by atoms with E-state index in [1.54, 1.807) is 50.0 Å². The lowest BCUT2D eigenvalue weighted by molar-refractivity contribution is 0.0950. The van der Waals surface area contributed by atoms with Gasteiger partial charge in [-0.25, -0.2) is 9.97 Å². The number of allylic oxidation sites excluding steroid dienone is 1. The summed E-state index contributed by atoms with van der Waals surface area (Å²) in [4.78, 5) is 25.6. The number of amides is 1. The lowest BCUT2D eigenvalue weighted by Crippen LogP contribution is -2.23. The molecule has 33 heavy (non-hydrogen) atoms. The first kappa shape index (κ1) is 22.0. The first-order valence-electron chi connectivity index (χ1n) is 10.5. The van der Waals surface area contributed by atoms with Crippen molar-refractivity contribution in [1.29, 1.82) is 0 Å². The Bertz CT molecular complexity index is 1200. The maximum absolute atomic E-state index is 12.8. The van der Waals surface area contributed by atoms with Crippen LogP contribution in [0.5, 0.6) is 17.4 Å². The molecule has 8 heteroatoms. The summed E-state index contributed by atoms with van der Waals surface area (Å²) in [5.74, 6) is 2.22. The summed E-state index contributed by atoms with van der Waals surface area (Å²) < 4.78 is 11.1. The summed E-state index contributed by atoms with van der Waals surface area (Å²) in [6, 6.07) is 12.7. The fourth-order valence-electron chi connectivity index (χ4n) is 3.32. The van der Waals surface area contributed by atoms with Crippen molar-refractivity contribution in [3.8, 4) is 17.4 Å². The number of aliphatic imine (C=N–C) groups is 1. The molecular formula is C25H25N5O3. The van der Waals surface area contributed by atoms with Gasteiger partial charge in [0.25, 0.3) is 5.91 Å². The molecule has 0 bridgehead atoms. The zero-order chi connectivity index (χ0) is 23.2. The largest absolute Gasteiger partial charge is 0.481 e. The molecule has 0 radical (unpaired) electrons. The van der Waals surface area contributed by atoms with Gasteiger partial charge in [0.1, 0.15) is 17.3 Å². The second-order valence-electron chi connectivity index (χ2n) is 7.52. The van der Waals surface area contributed by atoms with E-state index in [0.29, 0.717) is 35.3 Å². The van der Waals surface area contributed by atoms with Crippen LogP contribution in [-0.2, 0) is 6.54 Å². The van der Waals surface area contributed by atoms with E-state index in [1.165, 1.54) is 0 Å². The highest BCUT2D eigenvalue weighted by Crippen LogP contribution is 2.28. The molecule has 1 aliphatic rings. The van der Waals surface area contributed by atoms with Crippen molar-refractivity contribution in [2.75, 3.05) is 12.4 Å². The van der Waals surface area contributed by atoms with E-state index >= 15 is 0 Å². The number of pyridine rings is 2. The second-order valence-corrected chi connectivity index (χ2v) is 7.52. The average Bonchev–Trinajstić information content (AvgIpc) is 3.23. The number of hydrogen-bond acceptors (Lipinski definition) is 7. The van der Waals surface area contributed by atoms with Crippen molar-refractivity contribution < 1.29 is 14.3 Å². The van der Waals surface area contributed by atoms with Crippen molar-refractivity contribution >= 4 is 17.9 Å². The number of hydrogen-bond donors (Lipinski definition) is 2. The van der Waals surface area contributed by atoms with Crippen LogP contribution in [0.2, 0.25) is 0 Å². The Balaban J connectivity index is 1.43. The van der Waals surface area contributed by atoms with E-state index in [1.807, 2.05) is 38.1 Å². The van der Waals surface area contributed by atoms with Crippen LogP contribution < -0.4 is 20.1 Å². The molecule has 0 spiro atoms. The van der Waals surface area contributed by atoms with Crippen molar-refractivity contribution in [3.63, 3.8) is 0 Å². The summed E-state index contributed by atoms with van der Waals surface area (Å²) >= 11 is 0. The standard InChI is InChI=1S/C25H25N5O3/c1-16-20(25(31)29-15-18-7-8-24(32-3)28-14-18)5-4-6-22(16)33-19-9-11-27-23(13-19)30-21-10-12-26-17(21)2/h4-14,17H,15H2,1-3H3,(H,27,30)(H,29,31). The molecule has 3 heterocycles. The minimum absolute atomic E-state index is 0.0718. The van der Waals surface area contributed by atoms with Gasteiger partial charge in [-0.1, -0.05) is 12.1 Å². The number of nitrogens with zero attached hydrogens (tertiary/aromatic N) is 3. The predicted molar refractivity (Wildman–Crippen MR) is 127 cm³/mol. The zero-order valence-corrected chi connectivity index (χ0v) is 18.7. The molecule has 1 unspecified atom stereocenters. The SMILES string of the molecule is COc1ccc(CNC(=O)c2cccc(Oc3ccnc(NC4=CC=NC4C)c3)c2C)cn1. The normalized spacial score (nSPS) is 14.5. The van der Waals surface area contributed by atoms with Crippen molar-refractivity contribution in [2.45, 2.75) is 26.4 Å². The predicted octanol–water partition coefficient (Wildman–Crippen LogP) is 4.28. The maximum Gasteiger partial charge on any atom is 0.251 e. The third-order valence-electron chi connectivity index (χ3n) is 5.23. The molecule has 168 valence electrons. The number of carbonyl (C=O) groups excluding carboxylic acids is 1. The Hall–Kier alpha value is -4.20. The minimum Gasteiger partial charge on any atom is -0.481 e. The molecule has 2 aromatic heterocycles. The number of carbonyl (C=O) groups is 1. The number of rotatable bonds is 8. The first-order chi connectivity index (χ1) is 16.0. The Labute approximate surface area is 192 Å². The quantitative estimate of drug-likeness (QED) is 0.539.